The van der Waals surface area contributed by atoms with Crippen molar-refractivity contribution in [1.82, 2.24) is 0 Å². The summed E-state index contributed by atoms with van der Waals surface area (Å²) in [6.07, 6.45) is 4.11. The largest absolute Gasteiger partial charge is 0.380 e. The lowest BCUT2D eigenvalue weighted by Gasteiger charge is -2.41. The van der Waals surface area contributed by atoms with Crippen LogP contribution < -0.4 is 0 Å². The first kappa shape index (κ1) is 16.5. The Kier molecular flexibility index (Phi) is 5.41. The van der Waals surface area contributed by atoms with Crippen LogP contribution in [0.5, 0.6) is 0 Å². The molecule has 1 aromatic carbocycles. The third-order valence-corrected chi connectivity index (χ3v) is 5.38. The predicted octanol–water partition coefficient (Wildman–Crippen LogP) is 3.30. The van der Waals surface area contributed by atoms with Crippen molar-refractivity contribution < 1.29 is 17.3 Å². The van der Waals surface area contributed by atoms with Crippen molar-refractivity contribution in [3.05, 3.63) is 29.8 Å². The third kappa shape index (κ3) is 4.28. The van der Waals surface area contributed by atoms with Crippen molar-refractivity contribution in [2.75, 3.05) is 19.8 Å². The van der Waals surface area contributed by atoms with Gasteiger partial charge in [-0.1, -0.05) is 37.5 Å². The van der Waals surface area contributed by atoms with Crippen LogP contribution in [0, 0.1) is 12.3 Å². The minimum Gasteiger partial charge on any atom is -0.380 e. The summed E-state index contributed by atoms with van der Waals surface area (Å²) in [6, 6.07) is 6.73. The lowest BCUT2D eigenvalue weighted by atomic mass is 9.78. The van der Waals surface area contributed by atoms with Crippen LogP contribution in [0.2, 0.25) is 0 Å². The van der Waals surface area contributed by atoms with Gasteiger partial charge in [-0.05, 0) is 31.9 Å². The summed E-state index contributed by atoms with van der Waals surface area (Å²) >= 11 is 0. The Hall–Kier alpha value is -0.910. The monoisotopic (exact) mass is 312 g/mol. The van der Waals surface area contributed by atoms with Gasteiger partial charge in [-0.2, -0.15) is 8.42 Å². The van der Waals surface area contributed by atoms with E-state index in [-0.39, 0.29) is 16.9 Å². The minimum absolute atomic E-state index is 0.124. The molecule has 0 atom stereocenters. The maximum atomic E-state index is 12.1. The van der Waals surface area contributed by atoms with Crippen molar-refractivity contribution in [2.45, 2.75) is 44.4 Å². The molecular formula is C16H24O4S. The van der Waals surface area contributed by atoms with E-state index < -0.39 is 10.1 Å². The van der Waals surface area contributed by atoms with Gasteiger partial charge in [0.15, 0.2) is 0 Å². The molecule has 1 saturated heterocycles. The number of hydrogen-bond donors (Lipinski definition) is 0. The van der Waals surface area contributed by atoms with Gasteiger partial charge in [0, 0.05) is 5.41 Å². The molecule has 2 rings (SSSR count). The molecule has 0 amide bonds. The van der Waals surface area contributed by atoms with E-state index in [4.69, 9.17) is 8.92 Å². The number of rotatable bonds is 8. The van der Waals surface area contributed by atoms with Crippen molar-refractivity contribution >= 4 is 10.1 Å². The smallest absolute Gasteiger partial charge is 0.296 e. The number of benzene rings is 1. The van der Waals surface area contributed by atoms with Gasteiger partial charge in [-0.25, -0.2) is 0 Å². The zero-order chi connectivity index (χ0) is 15.3. The molecule has 118 valence electrons. The standard InChI is InChI=1S/C16H24O4S/c1-3-4-9-16(12-19-13-16)10-11-20-21(17,18)15-7-5-14(2)6-8-15/h5-8H,3-4,9-13H2,1-2H3. The molecule has 0 aromatic heterocycles. The molecule has 21 heavy (non-hydrogen) atoms. The molecule has 0 radical (unpaired) electrons. The summed E-state index contributed by atoms with van der Waals surface area (Å²) in [6.45, 7) is 5.75. The highest BCUT2D eigenvalue weighted by atomic mass is 32.2. The third-order valence-electron chi connectivity index (χ3n) is 4.06. The zero-order valence-electron chi connectivity index (χ0n) is 12.8. The molecule has 0 bridgehead atoms. The van der Waals surface area contributed by atoms with Crippen LogP contribution in [0.4, 0.5) is 0 Å². The lowest BCUT2D eigenvalue weighted by molar-refractivity contribution is -0.126. The summed E-state index contributed by atoms with van der Waals surface area (Å²) in [5.41, 5.74) is 1.15. The van der Waals surface area contributed by atoms with Gasteiger partial charge in [0.05, 0.1) is 24.7 Å². The van der Waals surface area contributed by atoms with Crippen LogP contribution in [0.3, 0.4) is 0 Å². The molecule has 0 saturated carbocycles. The average molecular weight is 312 g/mol. The van der Waals surface area contributed by atoms with Crippen LogP contribution >= 0.6 is 0 Å². The van der Waals surface area contributed by atoms with Gasteiger partial charge < -0.3 is 4.74 Å². The maximum Gasteiger partial charge on any atom is 0.296 e. The molecule has 4 nitrogen and oxygen atoms in total. The number of hydrogen-bond acceptors (Lipinski definition) is 4. The number of aryl methyl sites for hydroxylation is 1. The molecule has 1 aromatic rings. The Bertz CT molecular complexity index is 544. The van der Waals surface area contributed by atoms with E-state index in [1.165, 1.54) is 0 Å². The van der Waals surface area contributed by atoms with E-state index in [1.807, 2.05) is 6.92 Å². The second-order valence-corrected chi connectivity index (χ2v) is 7.55. The normalized spacial score (nSPS) is 17.4. The lowest BCUT2D eigenvalue weighted by Crippen LogP contribution is -2.43. The first-order chi connectivity index (χ1) is 9.97. The average Bonchev–Trinajstić information content (AvgIpc) is 2.41. The van der Waals surface area contributed by atoms with Crippen LogP contribution in [0.1, 0.15) is 38.2 Å². The Morgan fingerprint density at radius 2 is 1.86 bits per heavy atom. The summed E-state index contributed by atoms with van der Waals surface area (Å²) in [5, 5.41) is 0. The summed E-state index contributed by atoms with van der Waals surface area (Å²) in [5.74, 6) is 0. The molecule has 5 heteroatoms. The minimum atomic E-state index is -3.64. The highest BCUT2D eigenvalue weighted by Gasteiger charge is 2.37. The SMILES string of the molecule is CCCCC1(CCOS(=O)(=O)c2ccc(C)cc2)COC1. The Morgan fingerprint density at radius 1 is 1.19 bits per heavy atom. The predicted molar refractivity (Wildman–Crippen MR) is 81.7 cm³/mol. The second kappa shape index (κ2) is 6.90. The quantitative estimate of drug-likeness (QED) is 0.691. The molecular weight excluding hydrogens is 288 g/mol. The molecule has 0 spiro atoms. The van der Waals surface area contributed by atoms with Crippen LogP contribution in [0.25, 0.3) is 0 Å². The molecule has 0 unspecified atom stereocenters. The molecule has 1 aliphatic rings. The summed E-state index contributed by atoms with van der Waals surface area (Å²) in [7, 11) is -3.64. The molecule has 1 aliphatic heterocycles. The Balaban J connectivity index is 1.88. The van der Waals surface area contributed by atoms with Gasteiger partial charge in [0.25, 0.3) is 10.1 Å². The molecule has 1 fully saturated rings. The first-order valence-corrected chi connectivity index (χ1v) is 8.92. The number of ether oxygens (including phenoxy) is 1. The van der Waals surface area contributed by atoms with Crippen molar-refractivity contribution in [2.24, 2.45) is 5.41 Å². The fourth-order valence-electron chi connectivity index (χ4n) is 2.50. The first-order valence-electron chi connectivity index (χ1n) is 7.51. The highest BCUT2D eigenvalue weighted by Crippen LogP contribution is 2.37. The van der Waals surface area contributed by atoms with Gasteiger partial charge in [0.1, 0.15) is 0 Å². The van der Waals surface area contributed by atoms with E-state index in [9.17, 15) is 8.42 Å². The molecule has 0 aliphatic carbocycles. The molecule has 1 heterocycles. The van der Waals surface area contributed by atoms with Crippen LogP contribution in [-0.4, -0.2) is 28.2 Å². The van der Waals surface area contributed by atoms with Crippen LogP contribution in [0.15, 0.2) is 29.2 Å². The van der Waals surface area contributed by atoms with Crippen molar-refractivity contribution in [1.29, 1.82) is 0 Å². The zero-order valence-corrected chi connectivity index (χ0v) is 13.6. The van der Waals surface area contributed by atoms with Gasteiger partial charge in [-0.15, -0.1) is 0 Å². The van der Waals surface area contributed by atoms with E-state index in [2.05, 4.69) is 6.92 Å². The fraction of sp³-hybridized carbons (Fsp3) is 0.625. The Labute approximate surface area is 127 Å². The van der Waals surface area contributed by atoms with E-state index in [0.717, 1.165) is 44.5 Å². The molecule has 0 N–H and O–H groups in total. The van der Waals surface area contributed by atoms with E-state index in [1.54, 1.807) is 24.3 Å². The summed E-state index contributed by atoms with van der Waals surface area (Å²) in [4.78, 5) is 0.223. The topological polar surface area (TPSA) is 52.6 Å². The van der Waals surface area contributed by atoms with Crippen molar-refractivity contribution in [3.8, 4) is 0 Å². The van der Waals surface area contributed by atoms with E-state index in [0.29, 0.717) is 0 Å². The van der Waals surface area contributed by atoms with Crippen LogP contribution in [-0.2, 0) is 19.0 Å². The van der Waals surface area contributed by atoms with Crippen molar-refractivity contribution in [3.63, 3.8) is 0 Å². The second-order valence-electron chi connectivity index (χ2n) is 5.94. The number of unbranched alkanes of at least 4 members (excludes halogenated alkanes) is 1. The van der Waals surface area contributed by atoms with Gasteiger partial charge in [-0.3, -0.25) is 4.18 Å². The van der Waals surface area contributed by atoms with Gasteiger partial charge >= 0.3 is 0 Å². The fourth-order valence-corrected chi connectivity index (χ4v) is 3.41. The van der Waals surface area contributed by atoms with E-state index >= 15 is 0 Å². The summed E-state index contributed by atoms with van der Waals surface area (Å²) < 4.78 is 34.7. The van der Waals surface area contributed by atoms with Gasteiger partial charge in [0.2, 0.25) is 0 Å². The highest BCUT2D eigenvalue weighted by molar-refractivity contribution is 7.86. The maximum absolute atomic E-state index is 12.1. The Morgan fingerprint density at radius 3 is 2.38 bits per heavy atom.